The average molecular weight is 282 g/mol. The number of rotatable bonds is 4. The van der Waals surface area contributed by atoms with E-state index >= 15 is 0 Å². The Labute approximate surface area is 102 Å². The SMILES string of the molecule is O=C(O)c1cc(NCC(F)(F)F)c(F)cc1[N+](=O)[O-]. The maximum atomic E-state index is 13.3. The fourth-order valence-electron chi connectivity index (χ4n) is 1.22. The minimum absolute atomic E-state index is 0.252. The summed E-state index contributed by atoms with van der Waals surface area (Å²) in [6.07, 6.45) is -4.64. The van der Waals surface area contributed by atoms with Crippen molar-refractivity contribution in [1.29, 1.82) is 0 Å². The molecule has 0 bridgehead atoms. The lowest BCUT2D eigenvalue weighted by Crippen LogP contribution is -2.22. The van der Waals surface area contributed by atoms with Crippen molar-refractivity contribution in [2.75, 3.05) is 11.9 Å². The van der Waals surface area contributed by atoms with Crippen LogP contribution in [0.3, 0.4) is 0 Å². The average Bonchev–Trinajstić information content (AvgIpc) is 2.25. The quantitative estimate of drug-likeness (QED) is 0.502. The smallest absolute Gasteiger partial charge is 0.405 e. The third-order valence-electron chi connectivity index (χ3n) is 1.99. The van der Waals surface area contributed by atoms with Crippen LogP contribution in [0.15, 0.2) is 12.1 Å². The molecule has 1 aromatic rings. The van der Waals surface area contributed by atoms with Crippen molar-refractivity contribution >= 4 is 17.3 Å². The number of carboxylic acid groups (broad SMARTS) is 1. The van der Waals surface area contributed by atoms with E-state index < -0.39 is 46.4 Å². The van der Waals surface area contributed by atoms with E-state index in [1.807, 2.05) is 0 Å². The Bertz CT molecular complexity index is 530. The van der Waals surface area contributed by atoms with Crippen LogP contribution in [0.4, 0.5) is 28.9 Å². The molecular weight excluding hydrogens is 276 g/mol. The molecule has 19 heavy (non-hydrogen) atoms. The van der Waals surface area contributed by atoms with Crippen molar-refractivity contribution in [2.24, 2.45) is 0 Å². The van der Waals surface area contributed by atoms with Gasteiger partial charge in [-0.15, -0.1) is 0 Å². The summed E-state index contributed by atoms with van der Waals surface area (Å²) >= 11 is 0. The van der Waals surface area contributed by atoms with Crippen LogP contribution in [0.2, 0.25) is 0 Å². The zero-order chi connectivity index (χ0) is 14.8. The highest BCUT2D eigenvalue weighted by atomic mass is 19.4. The molecule has 0 heterocycles. The van der Waals surface area contributed by atoms with Crippen LogP contribution in [0.1, 0.15) is 10.4 Å². The maximum absolute atomic E-state index is 13.3. The number of carboxylic acids is 1. The zero-order valence-electron chi connectivity index (χ0n) is 8.99. The number of benzene rings is 1. The number of hydrogen-bond acceptors (Lipinski definition) is 4. The first-order valence-corrected chi connectivity index (χ1v) is 4.63. The number of alkyl halides is 3. The minimum Gasteiger partial charge on any atom is -0.477 e. The Morgan fingerprint density at radius 2 is 2.00 bits per heavy atom. The lowest BCUT2D eigenvalue weighted by molar-refractivity contribution is -0.385. The van der Waals surface area contributed by atoms with Crippen LogP contribution < -0.4 is 5.32 Å². The number of halogens is 4. The van der Waals surface area contributed by atoms with E-state index in [9.17, 15) is 32.5 Å². The molecule has 10 heteroatoms. The molecule has 0 aliphatic rings. The Morgan fingerprint density at radius 3 is 2.42 bits per heavy atom. The van der Waals surface area contributed by atoms with Gasteiger partial charge >= 0.3 is 12.1 Å². The van der Waals surface area contributed by atoms with Crippen LogP contribution in [0.5, 0.6) is 0 Å². The third kappa shape index (κ3) is 3.79. The molecule has 0 spiro atoms. The lowest BCUT2D eigenvalue weighted by Gasteiger charge is -2.11. The van der Waals surface area contributed by atoms with Crippen LogP contribution in [0, 0.1) is 15.9 Å². The van der Waals surface area contributed by atoms with Gasteiger partial charge in [0.05, 0.1) is 16.7 Å². The second-order valence-electron chi connectivity index (χ2n) is 3.38. The highest BCUT2D eigenvalue weighted by molar-refractivity contribution is 5.93. The van der Waals surface area contributed by atoms with Gasteiger partial charge in [-0.25, -0.2) is 9.18 Å². The highest BCUT2D eigenvalue weighted by Crippen LogP contribution is 2.27. The molecule has 1 rings (SSSR count). The van der Waals surface area contributed by atoms with Gasteiger partial charge in [0.1, 0.15) is 12.1 Å². The molecule has 0 radical (unpaired) electrons. The van der Waals surface area contributed by atoms with Gasteiger partial charge in [0.2, 0.25) is 0 Å². The molecule has 0 saturated heterocycles. The summed E-state index contributed by atoms with van der Waals surface area (Å²) in [7, 11) is 0. The number of anilines is 1. The molecule has 104 valence electrons. The predicted molar refractivity (Wildman–Crippen MR) is 54.6 cm³/mol. The van der Waals surface area contributed by atoms with E-state index in [1.165, 1.54) is 0 Å². The molecule has 0 aromatic heterocycles. The normalized spacial score (nSPS) is 11.2. The second kappa shape index (κ2) is 5.08. The number of aromatic carboxylic acids is 1. The number of carbonyl (C=O) groups is 1. The van der Waals surface area contributed by atoms with E-state index in [1.54, 1.807) is 5.32 Å². The topological polar surface area (TPSA) is 92.5 Å². The third-order valence-corrected chi connectivity index (χ3v) is 1.99. The number of nitrogens with zero attached hydrogens (tertiary/aromatic N) is 1. The van der Waals surface area contributed by atoms with Gasteiger partial charge in [-0.1, -0.05) is 0 Å². The van der Waals surface area contributed by atoms with Gasteiger partial charge in [0, 0.05) is 0 Å². The monoisotopic (exact) mass is 282 g/mol. The van der Waals surface area contributed by atoms with E-state index in [0.29, 0.717) is 6.07 Å². The Hall–Kier alpha value is -2.39. The molecule has 0 aliphatic heterocycles. The molecule has 0 fully saturated rings. The van der Waals surface area contributed by atoms with Crippen LogP contribution >= 0.6 is 0 Å². The first-order chi connectivity index (χ1) is 8.61. The fourth-order valence-corrected chi connectivity index (χ4v) is 1.22. The summed E-state index contributed by atoms with van der Waals surface area (Å²) in [6, 6.07) is 0.698. The van der Waals surface area contributed by atoms with Gasteiger partial charge < -0.3 is 10.4 Å². The van der Waals surface area contributed by atoms with E-state index in [2.05, 4.69) is 0 Å². The van der Waals surface area contributed by atoms with Crippen molar-refractivity contribution < 1.29 is 32.4 Å². The fraction of sp³-hybridized carbons (Fsp3) is 0.222. The number of hydrogen-bond donors (Lipinski definition) is 2. The zero-order valence-corrected chi connectivity index (χ0v) is 8.99. The first kappa shape index (κ1) is 14.7. The van der Waals surface area contributed by atoms with Gasteiger partial charge in [-0.2, -0.15) is 13.2 Å². The molecule has 6 nitrogen and oxygen atoms in total. The van der Waals surface area contributed by atoms with Crippen molar-refractivity contribution in [1.82, 2.24) is 0 Å². The maximum Gasteiger partial charge on any atom is 0.405 e. The van der Waals surface area contributed by atoms with Crippen molar-refractivity contribution in [3.8, 4) is 0 Å². The molecule has 0 unspecified atom stereocenters. The molecular formula is C9H6F4N2O4. The molecule has 2 N–H and O–H groups in total. The summed E-state index contributed by atoms with van der Waals surface area (Å²) in [5, 5.41) is 20.8. The summed E-state index contributed by atoms with van der Waals surface area (Å²) < 4.78 is 49.1. The van der Waals surface area contributed by atoms with Gasteiger partial charge in [-0.3, -0.25) is 10.1 Å². The molecule has 0 atom stereocenters. The predicted octanol–water partition coefficient (Wildman–Crippen LogP) is 2.41. The van der Waals surface area contributed by atoms with Gasteiger partial charge in [-0.05, 0) is 6.07 Å². The van der Waals surface area contributed by atoms with Crippen molar-refractivity contribution in [3.05, 3.63) is 33.6 Å². The lowest BCUT2D eigenvalue weighted by atomic mass is 10.1. The van der Waals surface area contributed by atoms with Crippen LogP contribution in [-0.2, 0) is 0 Å². The summed E-state index contributed by atoms with van der Waals surface area (Å²) in [5.41, 5.74) is -2.72. The Balaban J connectivity index is 3.18. The number of nitro benzene ring substituents is 1. The standard InChI is InChI=1S/C9H6F4N2O4/c10-5-2-7(15(18)19)4(8(16)17)1-6(5)14-3-9(11,12)13/h1-2,14H,3H2,(H,16,17). The largest absolute Gasteiger partial charge is 0.477 e. The number of nitro groups is 1. The van der Waals surface area contributed by atoms with Gasteiger partial charge in [0.25, 0.3) is 5.69 Å². The van der Waals surface area contributed by atoms with E-state index in [0.717, 1.165) is 0 Å². The van der Waals surface area contributed by atoms with Gasteiger partial charge in [0.15, 0.2) is 5.82 Å². The van der Waals surface area contributed by atoms with Crippen molar-refractivity contribution in [2.45, 2.75) is 6.18 Å². The van der Waals surface area contributed by atoms with Crippen LogP contribution in [0.25, 0.3) is 0 Å². The molecule has 1 aromatic carbocycles. The van der Waals surface area contributed by atoms with Crippen LogP contribution in [-0.4, -0.2) is 28.7 Å². The molecule has 0 saturated carbocycles. The summed E-state index contributed by atoms with van der Waals surface area (Å²) in [5.74, 6) is -3.09. The summed E-state index contributed by atoms with van der Waals surface area (Å²) in [6.45, 7) is -1.60. The molecule has 0 aliphatic carbocycles. The summed E-state index contributed by atoms with van der Waals surface area (Å²) in [4.78, 5) is 20.1. The Morgan fingerprint density at radius 1 is 1.42 bits per heavy atom. The highest BCUT2D eigenvalue weighted by Gasteiger charge is 2.29. The van der Waals surface area contributed by atoms with E-state index in [-0.39, 0.29) is 6.07 Å². The first-order valence-electron chi connectivity index (χ1n) is 4.63. The minimum atomic E-state index is -4.64. The second-order valence-corrected chi connectivity index (χ2v) is 3.38. The molecule has 0 amide bonds. The van der Waals surface area contributed by atoms with Crippen molar-refractivity contribution in [3.63, 3.8) is 0 Å². The Kier molecular flexibility index (Phi) is 3.92. The van der Waals surface area contributed by atoms with E-state index in [4.69, 9.17) is 5.11 Å². The number of nitrogens with one attached hydrogen (secondary N) is 1.